The summed E-state index contributed by atoms with van der Waals surface area (Å²) in [5.74, 6) is 2.42. The number of hydrogen-bond acceptors (Lipinski definition) is 5. The van der Waals surface area contributed by atoms with Gasteiger partial charge < -0.3 is 29.2 Å². The van der Waals surface area contributed by atoms with Crippen LogP contribution in [-0.4, -0.2) is 69.6 Å². The summed E-state index contributed by atoms with van der Waals surface area (Å²) in [6, 6.07) is 5.98. The van der Waals surface area contributed by atoms with E-state index in [1.54, 1.807) is 7.11 Å². The molecule has 2 unspecified atom stereocenters. The molecule has 2 saturated heterocycles. The Morgan fingerprint density at radius 1 is 1.21 bits per heavy atom. The van der Waals surface area contributed by atoms with Crippen LogP contribution < -0.4 is 14.8 Å². The molecular weight excluding hydrogens is 485 g/mol. The van der Waals surface area contributed by atoms with E-state index in [4.69, 9.17) is 23.9 Å². The highest BCUT2D eigenvalue weighted by atomic mass is 127. The molecule has 0 radical (unpaired) electrons. The lowest BCUT2D eigenvalue weighted by molar-refractivity contribution is -0.0817. The van der Waals surface area contributed by atoms with Gasteiger partial charge in [-0.15, -0.1) is 24.0 Å². The van der Waals surface area contributed by atoms with Crippen LogP contribution in [0.5, 0.6) is 11.5 Å². The number of rotatable bonds is 7. The molecule has 0 aromatic heterocycles. The van der Waals surface area contributed by atoms with E-state index < -0.39 is 0 Å². The van der Waals surface area contributed by atoms with Crippen LogP contribution in [-0.2, 0) is 16.0 Å². The average molecular weight is 519 g/mol. The van der Waals surface area contributed by atoms with E-state index in [1.165, 1.54) is 0 Å². The summed E-state index contributed by atoms with van der Waals surface area (Å²) in [5, 5.41) is 3.42. The summed E-state index contributed by atoms with van der Waals surface area (Å²) >= 11 is 0. The zero-order valence-corrected chi connectivity index (χ0v) is 20.0. The zero-order valence-electron chi connectivity index (χ0n) is 17.7. The molecule has 2 aliphatic rings. The van der Waals surface area contributed by atoms with Gasteiger partial charge in [0, 0.05) is 26.2 Å². The molecule has 3 rings (SSSR count). The maximum absolute atomic E-state index is 5.97. The summed E-state index contributed by atoms with van der Waals surface area (Å²) in [6.07, 6.45) is 2.53. The van der Waals surface area contributed by atoms with E-state index in [2.05, 4.69) is 17.1 Å². The van der Waals surface area contributed by atoms with Crippen molar-refractivity contribution in [3.8, 4) is 11.5 Å². The summed E-state index contributed by atoms with van der Waals surface area (Å²) in [7, 11) is 1.66. The van der Waals surface area contributed by atoms with Crippen LogP contribution in [0.2, 0.25) is 0 Å². The fourth-order valence-electron chi connectivity index (χ4n) is 3.67. The molecule has 2 fully saturated rings. The van der Waals surface area contributed by atoms with Crippen molar-refractivity contribution >= 4 is 29.9 Å². The Kier molecular flexibility index (Phi) is 10.3. The third-order valence-electron chi connectivity index (χ3n) is 5.05. The Hall–Kier alpha value is -1.26. The number of hydrogen-bond donors (Lipinski definition) is 1. The second kappa shape index (κ2) is 12.4. The molecule has 0 spiro atoms. The van der Waals surface area contributed by atoms with Crippen molar-refractivity contribution in [2.45, 2.75) is 45.4 Å². The first kappa shape index (κ1) is 24.0. The van der Waals surface area contributed by atoms with Crippen LogP contribution in [0, 0.1) is 0 Å². The van der Waals surface area contributed by atoms with Gasteiger partial charge in [-0.3, -0.25) is 0 Å². The predicted molar refractivity (Wildman–Crippen MR) is 125 cm³/mol. The van der Waals surface area contributed by atoms with Gasteiger partial charge in [-0.2, -0.15) is 0 Å². The largest absolute Gasteiger partial charge is 0.493 e. The molecule has 2 atom stereocenters. The number of guanidine groups is 1. The number of ether oxygens (including phenoxy) is 4. The minimum absolute atomic E-state index is 0. The fourth-order valence-corrected chi connectivity index (χ4v) is 3.67. The maximum Gasteiger partial charge on any atom is 0.194 e. The van der Waals surface area contributed by atoms with Gasteiger partial charge >= 0.3 is 0 Å². The molecule has 0 aliphatic carbocycles. The smallest absolute Gasteiger partial charge is 0.194 e. The second-order valence-corrected chi connectivity index (χ2v) is 7.00. The van der Waals surface area contributed by atoms with Gasteiger partial charge in [-0.1, -0.05) is 6.07 Å². The number of halogens is 1. The van der Waals surface area contributed by atoms with Crippen molar-refractivity contribution in [1.29, 1.82) is 0 Å². The number of morpholine rings is 1. The minimum Gasteiger partial charge on any atom is -0.493 e. The average Bonchev–Trinajstić information content (AvgIpc) is 3.27. The molecular formula is C21H34IN3O4. The molecule has 0 amide bonds. The number of nitrogens with zero attached hydrogens (tertiary/aromatic N) is 2. The van der Waals surface area contributed by atoms with Gasteiger partial charge in [0.25, 0.3) is 0 Å². The van der Waals surface area contributed by atoms with Gasteiger partial charge in [-0.05, 0) is 44.4 Å². The third kappa shape index (κ3) is 6.62. The van der Waals surface area contributed by atoms with E-state index in [0.717, 1.165) is 62.1 Å². The molecule has 7 nitrogen and oxygen atoms in total. The van der Waals surface area contributed by atoms with Crippen molar-refractivity contribution in [3.05, 3.63) is 23.8 Å². The van der Waals surface area contributed by atoms with Crippen molar-refractivity contribution in [1.82, 2.24) is 10.2 Å². The Morgan fingerprint density at radius 3 is 2.72 bits per heavy atom. The van der Waals surface area contributed by atoms with Crippen LogP contribution in [0.25, 0.3) is 0 Å². The van der Waals surface area contributed by atoms with E-state index in [-0.39, 0.29) is 36.2 Å². The topological polar surface area (TPSA) is 64.6 Å². The lowest BCUT2D eigenvalue weighted by Crippen LogP contribution is -2.53. The molecule has 1 aromatic rings. The molecule has 2 heterocycles. The Bertz CT molecular complexity index is 653. The van der Waals surface area contributed by atoms with E-state index in [0.29, 0.717) is 19.8 Å². The lowest BCUT2D eigenvalue weighted by atomic mass is 10.1. The maximum atomic E-state index is 5.97. The fraction of sp³-hybridized carbons (Fsp3) is 0.667. The van der Waals surface area contributed by atoms with Crippen LogP contribution in [0.15, 0.2) is 23.2 Å². The predicted octanol–water partition coefficient (Wildman–Crippen LogP) is 3.06. The number of methoxy groups -OCH3 is 1. The van der Waals surface area contributed by atoms with E-state index >= 15 is 0 Å². The summed E-state index contributed by atoms with van der Waals surface area (Å²) < 4.78 is 22.8. The SMILES string of the molecule is CCNC(=NCc1ccc(OCC)c(OC)c1)N1CCOC(C2CCCO2)C1.I. The van der Waals surface area contributed by atoms with Crippen LogP contribution in [0.3, 0.4) is 0 Å². The van der Waals surface area contributed by atoms with Crippen molar-refractivity contribution in [3.63, 3.8) is 0 Å². The first-order valence-corrected chi connectivity index (χ1v) is 10.3. The van der Waals surface area contributed by atoms with Crippen molar-refractivity contribution < 1.29 is 18.9 Å². The first-order chi connectivity index (χ1) is 13.7. The highest BCUT2D eigenvalue weighted by Gasteiger charge is 2.32. The van der Waals surface area contributed by atoms with E-state index in [1.807, 2.05) is 25.1 Å². The molecule has 1 aromatic carbocycles. The van der Waals surface area contributed by atoms with Crippen LogP contribution >= 0.6 is 24.0 Å². The van der Waals surface area contributed by atoms with Crippen LogP contribution in [0.4, 0.5) is 0 Å². The number of nitrogens with one attached hydrogen (secondary N) is 1. The molecule has 8 heteroatoms. The summed E-state index contributed by atoms with van der Waals surface area (Å²) in [5.41, 5.74) is 1.08. The number of benzene rings is 1. The molecule has 2 aliphatic heterocycles. The van der Waals surface area contributed by atoms with Gasteiger partial charge in [0.1, 0.15) is 6.10 Å². The highest BCUT2D eigenvalue weighted by molar-refractivity contribution is 14.0. The third-order valence-corrected chi connectivity index (χ3v) is 5.05. The molecule has 164 valence electrons. The van der Waals surface area contributed by atoms with Crippen molar-refractivity contribution in [2.24, 2.45) is 4.99 Å². The van der Waals surface area contributed by atoms with Gasteiger partial charge in [-0.25, -0.2) is 4.99 Å². The van der Waals surface area contributed by atoms with Crippen LogP contribution in [0.1, 0.15) is 32.3 Å². The van der Waals surface area contributed by atoms with E-state index in [9.17, 15) is 0 Å². The first-order valence-electron chi connectivity index (χ1n) is 10.3. The minimum atomic E-state index is 0. The van der Waals surface area contributed by atoms with Gasteiger partial charge in [0.2, 0.25) is 0 Å². The quantitative estimate of drug-likeness (QED) is 0.340. The van der Waals surface area contributed by atoms with Crippen molar-refractivity contribution in [2.75, 3.05) is 46.6 Å². The Balaban J connectivity index is 0.00000300. The monoisotopic (exact) mass is 519 g/mol. The molecule has 29 heavy (non-hydrogen) atoms. The van der Waals surface area contributed by atoms with Gasteiger partial charge in [0.15, 0.2) is 17.5 Å². The lowest BCUT2D eigenvalue weighted by Gasteiger charge is -2.37. The normalized spacial score (nSPS) is 22.2. The summed E-state index contributed by atoms with van der Waals surface area (Å²) in [6.45, 7) is 9.26. The molecule has 0 saturated carbocycles. The number of aliphatic imine (C=N–C) groups is 1. The van der Waals surface area contributed by atoms with Gasteiger partial charge in [0.05, 0.1) is 33.0 Å². The summed E-state index contributed by atoms with van der Waals surface area (Å²) in [4.78, 5) is 7.14. The highest BCUT2D eigenvalue weighted by Crippen LogP contribution is 2.28. The standard InChI is InChI=1S/C21H33N3O4.HI/c1-4-22-21(24-10-12-28-20(15-24)17-7-6-11-27-17)23-14-16-8-9-18(26-5-2)19(13-16)25-3;/h8-9,13,17,20H,4-7,10-12,14-15H2,1-3H3,(H,22,23);1H. The molecule has 1 N–H and O–H groups in total. The second-order valence-electron chi connectivity index (χ2n) is 7.00. The zero-order chi connectivity index (χ0) is 19.8. The Labute approximate surface area is 191 Å². The Morgan fingerprint density at radius 2 is 2.03 bits per heavy atom. The molecule has 0 bridgehead atoms.